The summed E-state index contributed by atoms with van der Waals surface area (Å²) in [6, 6.07) is 12.0. The van der Waals surface area contributed by atoms with E-state index in [0.717, 1.165) is 17.8 Å². The van der Waals surface area contributed by atoms with Crippen LogP contribution in [0.15, 0.2) is 42.5 Å². The second kappa shape index (κ2) is 6.28. The van der Waals surface area contributed by atoms with E-state index < -0.39 is 0 Å². The summed E-state index contributed by atoms with van der Waals surface area (Å²) in [4.78, 5) is 1.84. The maximum absolute atomic E-state index is 13.3. The molecule has 0 atom stereocenters. The summed E-state index contributed by atoms with van der Waals surface area (Å²) in [5.41, 5.74) is 8.24. The van der Waals surface area contributed by atoms with Crippen molar-refractivity contribution in [1.82, 2.24) is 0 Å². The van der Waals surface area contributed by atoms with Crippen LogP contribution in [0.4, 0.5) is 21.5 Å². The number of nitrogens with two attached hydrogens (primary N) is 1. The average Bonchev–Trinajstić information content (AvgIpc) is 2.45. The molecule has 4 heteroatoms. The van der Waals surface area contributed by atoms with Gasteiger partial charge in [0.2, 0.25) is 0 Å². The molecule has 0 bridgehead atoms. The minimum absolute atomic E-state index is 0.272. The van der Waals surface area contributed by atoms with Gasteiger partial charge in [-0.15, -0.1) is 0 Å². The van der Waals surface area contributed by atoms with Crippen molar-refractivity contribution < 1.29 is 9.13 Å². The number of hydrogen-bond donors (Lipinski definition) is 1. The predicted molar refractivity (Wildman–Crippen MR) is 81.1 cm³/mol. The molecule has 0 heterocycles. The first kappa shape index (κ1) is 14.2. The molecule has 0 saturated heterocycles. The molecular weight excluding hydrogens is 255 g/mol. The molecule has 0 aliphatic heterocycles. The van der Waals surface area contributed by atoms with Crippen molar-refractivity contribution in [2.75, 3.05) is 24.3 Å². The van der Waals surface area contributed by atoms with Crippen LogP contribution in [0, 0.1) is 5.82 Å². The molecule has 3 nitrogen and oxygen atoms in total. The van der Waals surface area contributed by atoms with E-state index in [1.807, 2.05) is 43.1 Å². The monoisotopic (exact) mass is 274 g/mol. The Bertz CT molecular complexity index is 586. The second-order valence-electron chi connectivity index (χ2n) is 4.58. The number of nitrogen functional groups attached to an aromatic ring is 1. The fourth-order valence-electron chi connectivity index (χ4n) is 1.99. The molecule has 0 aliphatic rings. The highest BCUT2D eigenvalue weighted by Gasteiger charge is 2.11. The van der Waals surface area contributed by atoms with Crippen molar-refractivity contribution in [2.24, 2.45) is 0 Å². The van der Waals surface area contributed by atoms with Crippen molar-refractivity contribution in [2.45, 2.75) is 13.3 Å². The lowest BCUT2D eigenvalue weighted by atomic mass is 10.2. The van der Waals surface area contributed by atoms with E-state index in [1.54, 1.807) is 6.07 Å². The molecule has 2 aromatic carbocycles. The number of anilines is 3. The summed E-state index contributed by atoms with van der Waals surface area (Å²) >= 11 is 0. The van der Waals surface area contributed by atoms with Gasteiger partial charge in [0.15, 0.2) is 0 Å². The van der Waals surface area contributed by atoms with Gasteiger partial charge in [-0.05, 0) is 36.8 Å². The Hall–Kier alpha value is -2.23. The number of para-hydroxylation sites is 1. The summed E-state index contributed by atoms with van der Waals surface area (Å²) in [5.74, 6) is 0.388. The molecule has 0 aromatic heterocycles. The number of benzene rings is 2. The van der Waals surface area contributed by atoms with Crippen LogP contribution >= 0.6 is 0 Å². The van der Waals surface area contributed by atoms with Gasteiger partial charge in [0.25, 0.3) is 0 Å². The van der Waals surface area contributed by atoms with Crippen molar-refractivity contribution >= 4 is 17.1 Å². The lowest BCUT2D eigenvalue weighted by molar-refractivity contribution is 0.319. The molecule has 20 heavy (non-hydrogen) atoms. The molecule has 0 saturated carbocycles. The molecule has 0 unspecified atom stereocenters. The fourth-order valence-corrected chi connectivity index (χ4v) is 1.99. The minimum atomic E-state index is -0.272. The standard InChI is InChI=1S/C16H19FN2O/c1-3-10-20-15-9-5-8-14(16(15)18)19(2)13-7-4-6-12(17)11-13/h4-9,11H,3,10,18H2,1-2H3. The quantitative estimate of drug-likeness (QED) is 0.839. The lowest BCUT2D eigenvalue weighted by Crippen LogP contribution is -2.12. The first-order valence-electron chi connectivity index (χ1n) is 6.64. The Kier molecular flexibility index (Phi) is 4.45. The van der Waals surface area contributed by atoms with Gasteiger partial charge < -0.3 is 15.4 Å². The van der Waals surface area contributed by atoms with Crippen LogP contribution in [-0.2, 0) is 0 Å². The van der Waals surface area contributed by atoms with Gasteiger partial charge in [-0.1, -0.05) is 19.1 Å². The Morgan fingerprint density at radius 1 is 1.20 bits per heavy atom. The van der Waals surface area contributed by atoms with Gasteiger partial charge in [0, 0.05) is 12.7 Å². The van der Waals surface area contributed by atoms with Crippen molar-refractivity contribution in [3.8, 4) is 5.75 Å². The molecule has 0 spiro atoms. The van der Waals surface area contributed by atoms with Gasteiger partial charge in [0.1, 0.15) is 11.6 Å². The number of rotatable bonds is 5. The van der Waals surface area contributed by atoms with E-state index in [0.29, 0.717) is 18.0 Å². The Morgan fingerprint density at radius 2 is 1.95 bits per heavy atom. The van der Waals surface area contributed by atoms with Gasteiger partial charge in [-0.25, -0.2) is 4.39 Å². The summed E-state index contributed by atoms with van der Waals surface area (Å²) in [7, 11) is 1.85. The van der Waals surface area contributed by atoms with Gasteiger partial charge >= 0.3 is 0 Å². The first-order chi connectivity index (χ1) is 9.63. The molecule has 0 aliphatic carbocycles. The summed E-state index contributed by atoms with van der Waals surface area (Å²) in [6.07, 6.45) is 0.920. The Balaban J connectivity index is 2.32. The Morgan fingerprint density at radius 3 is 2.65 bits per heavy atom. The third-order valence-corrected chi connectivity index (χ3v) is 3.06. The molecular formula is C16H19FN2O. The smallest absolute Gasteiger partial charge is 0.144 e. The SMILES string of the molecule is CCCOc1cccc(N(C)c2cccc(F)c2)c1N. The van der Waals surface area contributed by atoms with Crippen molar-refractivity contribution in [3.63, 3.8) is 0 Å². The molecule has 2 rings (SSSR count). The van der Waals surface area contributed by atoms with E-state index in [9.17, 15) is 4.39 Å². The van der Waals surface area contributed by atoms with Crippen LogP contribution in [0.1, 0.15) is 13.3 Å². The lowest BCUT2D eigenvalue weighted by Gasteiger charge is -2.22. The highest BCUT2D eigenvalue weighted by molar-refractivity contribution is 5.78. The fraction of sp³-hybridized carbons (Fsp3) is 0.250. The molecule has 0 fully saturated rings. The van der Waals surface area contributed by atoms with Gasteiger partial charge in [-0.3, -0.25) is 0 Å². The molecule has 0 amide bonds. The Labute approximate surface area is 118 Å². The van der Waals surface area contributed by atoms with E-state index in [4.69, 9.17) is 10.5 Å². The zero-order valence-electron chi connectivity index (χ0n) is 11.8. The van der Waals surface area contributed by atoms with Crippen molar-refractivity contribution in [3.05, 3.63) is 48.3 Å². The largest absolute Gasteiger partial charge is 0.491 e. The second-order valence-corrected chi connectivity index (χ2v) is 4.58. The molecule has 106 valence electrons. The zero-order valence-corrected chi connectivity index (χ0v) is 11.8. The van der Waals surface area contributed by atoms with Crippen LogP contribution in [0.25, 0.3) is 0 Å². The average molecular weight is 274 g/mol. The topological polar surface area (TPSA) is 38.5 Å². The normalized spacial score (nSPS) is 10.3. The maximum atomic E-state index is 13.3. The predicted octanol–water partition coefficient (Wildman–Crippen LogP) is 3.96. The molecule has 2 N–H and O–H groups in total. The minimum Gasteiger partial charge on any atom is -0.491 e. The van der Waals surface area contributed by atoms with Crippen LogP contribution in [0.2, 0.25) is 0 Å². The zero-order chi connectivity index (χ0) is 14.5. The van der Waals surface area contributed by atoms with Crippen LogP contribution in [-0.4, -0.2) is 13.7 Å². The third kappa shape index (κ3) is 3.02. The maximum Gasteiger partial charge on any atom is 0.144 e. The number of nitrogens with zero attached hydrogens (tertiary/aromatic N) is 1. The number of hydrogen-bond acceptors (Lipinski definition) is 3. The van der Waals surface area contributed by atoms with E-state index in [1.165, 1.54) is 12.1 Å². The van der Waals surface area contributed by atoms with E-state index in [-0.39, 0.29) is 5.82 Å². The molecule has 2 aromatic rings. The third-order valence-electron chi connectivity index (χ3n) is 3.06. The van der Waals surface area contributed by atoms with Gasteiger partial charge in [-0.2, -0.15) is 0 Å². The van der Waals surface area contributed by atoms with Crippen LogP contribution in [0.3, 0.4) is 0 Å². The highest BCUT2D eigenvalue weighted by Crippen LogP contribution is 2.35. The van der Waals surface area contributed by atoms with E-state index in [2.05, 4.69) is 0 Å². The van der Waals surface area contributed by atoms with Crippen molar-refractivity contribution in [1.29, 1.82) is 0 Å². The number of ether oxygens (including phenoxy) is 1. The van der Waals surface area contributed by atoms with E-state index >= 15 is 0 Å². The van der Waals surface area contributed by atoms with Crippen LogP contribution < -0.4 is 15.4 Å². The van der Waals surface area contributed by atoms with Crippen LogP contribution in [0.5, 0.6) is 5.75 Å². The number of halogens is 1. The summed E-state index contributed by atoms with van der Waals surface area (Å²) in [5, 5.41) is 0. The highest BCUT2D eigenvalue weighted by atomic mass is 19.1. The first-order valence-corrected chi connectivity index (χ1v) is 6.64. The van der Waals surface area contributed by atoms with Gasteiger partial charge in [0.05, 0.1) is 18.0 Å². The summed E-state index contributed by atoms with van der Waals surface area (Å²) in [6.45, 7) is 2.66. The molecule has 0 radical (unpaired) electrons. The summed E-state index contributed by atoms with van der Waals surface area (Å²) < 4.78 is 18.9.